The van der Waals surface area contributed by atoms with Crippen LogP contribution in [-0.2, 0) is 4.74 Å². The third-order valence-electron chi connectivity index (χ3n) is 4.06. The van der Waals surface area contributed by atoms with Crippen LogP contribution in [0, 0.1) is 12.7 Å². The summed E-state index contributed by atoms with van der Waals surface area (Å²) in [5, 5.41) is 4.28. The van der Waals surface area contributed by atoms with Crippen LogP contribution < -0.4 is 4.90 Å². The molecule has 0 spiro atoms. The number of carbonyl (C=O) groups is 1. The third kappa shape index (κ3) is 3.27. The van der Waals surface area contributed by atoms with E-state index in [0.717, 1.165) is 12.8 Å². The fraction of sp³-hybridized carbons (Fsp3) is 0.353. The predicted octanol–water partition coefficient (Wildman–Crippen LogP) is 3.56. The maximum absolute atomic E-state index is 13.5. The van der Waals surface area contributed by atoms with Crippen molar-refractivity contribution in [2.45, 2.75) is 25.9 Å². The van der Waals surface area contributed by atoms with Crippen molar-refractivity contribution in [2.24, 2.45) is 0 Å². The molecule has 25 heavy (non-hydrogen) atoms. The number of rotatable bonds is 4. The number of amides is 1. The number of benzene rings is 1. The van der Waals surface area contributed by atoms with Crippen molar-refractivity contribution >= 4 is 32.6 Å². The number of anilines is 1. The second-order valence-corrected chi connectivity index (χ2v) is 7.00. The Labute approximate surface area is 147 Å². The molecule has 6 nitrogen and oxygen atoms in total. The average molecular weight is 361 g/mol. The van der Waals surface area contributed by atoms with Gasteiger partial charge in [0.1, 0.15) is 5.82 Å². The van der Waals surface area contributed by atoms with Crippen molar-refractivity contribution in [3.8, 4) is 0 Å². The average Bonchev–Trinajstić information content (AvgIpc) is 3.31. The van der Waals surface area contributed by atoms with Crippen LogP contribution in [0.15, 0.2) is 28.8 Å². The number of ether oxygens (including phenoxy) is 1. The van der Waals surface area contributed by atoms with Crippen LogP contribution in [0.4, 0.5) is 9.52 Å². The molecule has 1 atom stereocenters. The second-order valence-electron chi connectivity index (χ2n) is 5.99. The van der Waals surface area contributed by atoms with Crippen molar-refractivity contribution in [3.05, 3.63) is 41.5 Å². The van der Waals surface area contributed by atoms with Crippen LogP contribution in [0.25, 0.3) is 10.2 Å². The van der Waals surface area contributed by atoms with Gasteiger partial charge < -0.3 is 9.26 Å². The van der Waals surface area contributed by atoms with Gasteiger partial charge in [0.25, 0.3) is 5.91 Å². The number of carbonyl (C=O) groups excluding carboxylic acids is 1. The summed E-state index contributed by atoms with van der Waals surface area (Å²) in [6, 6.07) is 5.98. The summed E-state index contributed by atoms with van der Waals surface area (Å²) >= 11 is 1.27. The van der Waals surface area contributed by atoms with Crippen LogP contribution in [0.1, 0.15) is 29.1 Å². The standard InChI is InChI=1S/C17H16FN3O3S/c1-10-7-14(24-20-10)16(22)21(9-12-3-2-6-23-12)17-19-13-5-4-11(18)8-15(13)25-17/h4-5,7-8,12H,2-3,6,9H2,1H3/t12-/m0/s1. The van der Waals surface area contributed by atoms with Gasteiger partial charge in [-0.2, -0.15) is 0 Å². The minimum atomic E-state index is -0.328. The first-order valence-corrected chi connectivity index (χ1v) is 8.85. The van der Waals surface area contributed by atoms with Gasteiger partial charge in [-0.05, 0) is 38.0 Å². The molecule has 0 aliphatic carbocycles. The topological polar surface area (TPSA) is 68.5 Å². The van der Waals surface area contributed by atoms with Gasteiger partial charge in [-0.15, -0.1) is 0 Å². The zero-order valence-electron chi connectivity index (χ0n) is 13.6. The largest absolute Gasteiger partial charge is 0.376 e. The number of hydrogen-bond acceptors (Lipinski definition) is 6. The Balaban J connectivity index is 1.70. The number of fused-ring (bicyclic) bond motifs is 1. The Kier molecular flexibility index (Phi) is 4.22. The van der Waals surface area contributed by atoms with Gasteiger partial charge in [-0.3, -0.25) is 9.69 Å². The van der Waals surface area contributed by atoms with Crippen molar-refractivity contribution in [1.29, 1.82) is 0 Å². The summed E-state index contributed by atoms with van der Waals surface area (Å²) in [6.07, 6.45) is 1.81. The highest BCUT2D eigenvalue weighted by molar-refractivity contribution is 7.22. The normalized spacial score (nSPS) is 17.3. The fourth-order valence-electron chi connectivity index (χ4n) is 2.84. The van der Waals surface area contributed by atoms with E-state index in [4.69, 9.17) is 9.26 Å². The second kappa shape index (κ2) is 6.53. The van der Waals surface area contributed by atoms with E-state index in [1.54, 1.807) is 24.0 Å². The Morgan fingerprint density at radius 2 is 2.32 bits per heavy atom. The summed E-state index contributed by atoms with van der Waals surface area (Å²) in [5.41, 5.74) is 1.28. The maximum atomic E-state index is 13.5. The number of nitrogens with zero attached hydrogens (tertiary/aromatic N) is 3. The lowest BCUT2D eigenvalue weighted by Gasteiger charge is -2.21. The van der Waals surface area contributed by atoms with Gasteiger partial charge in [0.05, 0.1) is 28.6 Å². The summed E-state index contributed by atoms with van der Waals surface area (Å²) in [5.74, 6) is -0.498. The molecule has 3 heterocycles. The SMILES string of the molecule is Cc1cc(C(=O)N(C[C@@H]2CCCO2)c2nc3ccc(F)cc3s2)on1. The van der Waals surface area contributed by atoms with Gasteiger partial charge in [-0.1, -0.05) is 16.5 Å². The zero-order valence-corrected chi connectivity index (χ0v) is 14.4. The molecule has 0 saturated carbocycles. The van der Waals surface area contributed by atoms with Crippen LogP contribution in [0.3, 0.4) is 0 Å². The fourth-order valence-corrected chi connectivity index (χ4v) is 3.84. The molecule has 0 radical (unpaired) electrons. The third-order valence-corrected chi connectivity index (χ3v) is 5.11. The first-order valence-electron chi connectivity index (χ1n) is 8.03. The highest BCUT2D eigenvalue weighted by Crippen LogP contribution is 2.31. The summed E-state index contributed by atoms with van der Waals surface area (Å²) in [4.78, 5) is 18.9. The number of halogens is 1. The van der Waals surface area contributed by atoms with Gasteiger partial charge in [0, 0.05) is 12.7 Å². The number of hydrogen-bond donors (Lipinski definition) is 0. The predicted molar refractivity (Wildman–Crippen MR) is 91.5 cm³/mol. The maximum Gasteiger partial charge on any atom is 0.298 e. The first kappa shape index (κ1) is 16.2. The minimum absolute atomic E-state index is 0.0447. The number of thiazole rings is 1. The zero-order chi connectivity index (χ0) is 17.4. The van der Waals surface area contributed by atoms with E-state index < -0.39 is 0 Å². The molecule has 1 aromatic carbocycles. The van der Waals surface area contributed by atoms with Gasteiger partial charge in [-0.25, -0.2) is 9.37 Å². The molecule has 130 valence electrons. The molecule has 1 amide bonds. The summed E-state index contributed by atoms with van der Waals surface area (Å²) < 4.78 is 24.9. The smallest absolute Gasteiger partial charge is 0.298 e. The van der Waals surface area contributed by atoms with Crippen molar-refractivity contribution in [3.63, 3.8) is 0 Å². The molecule has 1 aliphatic heterocycles. The number of aryl methyl sites for hydroxylation is 1. The first-order chi connectivity index (χ1) is 12.1. The van der Waals surface area contributed by atoms with Gasteiger partial charge >= 0.3 is 0 Å². The van der Waals surface area contributed by atoms with Crippen LogP contribution >= 0.6 is 11.3 Å². The quantitative estimate of drug-likeness (QED) is 0.711. The molecule has 0 unspecified atom stereocenters. The molecule has 0 N–H and O–H groups in total. The molecule has 1 aliphatic rings. The molecule has 1 saturated heterocycles. The lowest BCUT2D eigenvalue weighted by Crippen LogP contribution is -2.37. The Hall–Kier alpha value is -2.32. The van der Waals surface area contributed by atoms with Crippen LogP contribution in [-0.4, -0.2) is 35.3 Å². The molecule has 2 aromatic heterocycles. The van der Waals surface area contributed by atoms with Crippen molar-refractivity contribution in [2.75, 3.05) is 18.1 Å². The van der Waals surface area contributed by atoms with Crippen molar-refractivity contribution in [1.82, 2.24) is 10.1 Å². The van der Waals surface area contributed by atoms with Crippen LogP contribution in [0.5, 0.6) is 0 Å². The summed E-state index contributed by atoms with van der Waals surface area (Å²) in [6.45, 7) is 2.82. The van der Waals surface area contributed by atoms with E-state index in [-0.39, 0.29) is 23.6 Å². The molecular formula is C17H16FN3O3S. The lowest BCUT2D eigenvalue weighted by atomic mass is 10.2. The summed E-state index contributed by atoms with van der Waals surface area (Å²) in [7, 11) is 0. The molecule has 1 fully saturated rings. The molecule has 4 rings (SSSR count). The monoisotopic (exact) mass is 361 g/mol. The highest BCUT2D eigenvalue weighted by atomic mass is 32.1. The number of aromatic nitrogens is 2. The van der Waals surface area contributed by atoms with E-state index in [9.17, 15) is 9.18 Å². The van der Waals surface area contributed by atoms with E-state index in [0.29, 0.717) is 34.2 Å². The van der Waals surface area contributed by atoms with Crippen molar-refractivity contribution < 1.29 is 18.4 Å². The Bertz CT molecular complexity index is 917. The van der Waals surface area contributed by atoms with Gasteiger partial charge in [0.2, 0.25) is 5.76 Å². The molecule has 8 heteroatoms. The van der Waals surface area contributed by atoms with E-state index >= 15 is 0 Å². The minimum Gasteiger partial charge on any atom is -0.376 e. The molecule has 0 bridgehead atoms. The van der Waals surface area contributed by atoms with E-state index in [1.807, 2.05) is 0 Å². The Morgan fingerprint density at radius 1 is 1.44 bits per heavy atom. The van der Waals surface area contributed by atoms with E-state index in [2.05, 4.69) is 10.1 Å². The van der Waals surface area contributed by atoms with Gasteiger partial charge in [0.15, 0.2) is 5.13 Å². The Morgan fingerprint density at radius 3 is 3.04 bits per heavy atom. The molecule has 3 aromatic rings. The lowest BCUT2D eigenvalue weighted by molar-refractivity contribution is 0.0887. The van der Waals surface area contributed by atoms with Crippen LogP contribution in [0.2, 0.25) is 0 Å². The molecular weight excluding hydrogens is 345 g/mol. The highest BCUT2D eigenvalue weighted by Gasteiger charge is 2.29. The van der Waals surface area contributed by atoms with E-state index in [1.165, 1.54) is 23.5 Å².